The zero-order chi connectivity index (χ0) is 28.8. The molecule has 0 spiro atoms. The molecule has 2 amide bonds. The number of benzene rings is 1. The first-order valence-electron chi connectivity index (χ1n) is 13.2. The molecular formula is C27H27F3N6O3S2. The SMILES string of the molecule is O=C(CC1=CCCC=C1)Nc1nnc([C@H]2CCC[C@H](c3nnc(NC(=O)Cc4cccc(OC(F)(F)F)c4)s3)C2)s1. The van der Waals surface area contributed by atoms with Crippen molar-refractivity contribution in [2.75, 3.05) is 10.6 Å². The average molecular weight is 605 g/mol. The molecule has 1 saturated carbocycles. The number of nitrogens with zero attached hydrogens (tertiary/aromatic N) is 4. The lowest BCUT2D eigenvalue weighted by molar-refractivity contribution is -0.274. The predicted octanol–water partition coefficient (Wildman–Crippen LogP) is 6.52. The average Bonchev–Trinajstić information content (AvgIpc) is 3.58. The number of halogens is 3. The fraction of sp³-hybridized carbons (Fsp3) is 0.407. The van der Waals surface area contributed by atoms with Gasteiger partial charge in [-0.1, -0.05) is 59.5 Å². The van der Waals surface area contributed by atoms with Crippen LogP contribution in [0.5, 0.6) is 5.75 Å². The smallest absolute Gasteiger partial charge is 0.406 e. The van der Waals surface area contributed by atoms with Gasteiger partial charge >= 0.3 is 6.36 Å². The number of ether oxygens (including phenoxy) is 1. The van der Waals surface area contributed by atoms with E-state index in [1.807, 2.05) is 6.08 Å². The summed E-state index contributed by atoms with van der Waals surface area (Å²) in [5.41, 5.74) is 1.38. The fourth-order valence-corrected chi connectivity index (χ4v) is 6.70. The van der Waals surface area contributed by atoms with Crippen LogP contribution in [0, 0.1) is 0 Å². The van der Waals surface area contributed by atoms with Crippen LogP contribution in [0.3, 0.4) is 0 Å². The molecule has 0 radical (unpaired) electrons. The Hall–Kier alpha value is -3.65. The van der Waals surface area contributed by atoms with Gasteiger partial charge in [0.05, 0.1) is 12.8 Å². The highest BCUT2D eigenvalue weighted by molar-refractivity contribution is 7.15. The minimum absolute atomic E-state index is 0.113. The van der Waals surface area contributed by atoms with Crippen LogP contribution in [0.25, 0.3) is 0 Å². The van der Waals surface area contributed by atoms with Gasteiger partial charge in [0.1, 0.15) is 15.8 Å². The number of nitrogens with one attached hydrogen (secondary N) is 2. The summed E-state index contributed by atoms with van der Waals surface area (Å²) >= 11 is 2.68. The maximum atomic E-state index is 12.5. The summed E-state index contributed by atoms with van der Waals surface area (Å²) in [7, 11) is 0. The van der Waals surface area contributed by atoms with Crippen molar-refractivity contribution in [2.24, 2.45) is 0 Å². The number of aromatic nitrogens is 4. The summed E-state index contributed by atoms with van der Waals surface area (Å²) in [6.45, 7) is 0. The summed E-state index contributed by atoms with van der Waals surface area (Å²) in [5, 5.41) is 25.0. The molecule has 2 N–H and O–H groups in total. The van der Waals surface area contributed by atoms with Gasteiger partial charge in [0.25, 0.3) is 0 Å². The second kappa shape index (κ2) is 12.9. The van der Waals surface area contributed by atoms with E-state index >= 15 is 0 Å². The molecule has 0 aliphatic heterocycles. The van der Waals surface area contributed by atoms with Gasteiger partial charge in [-0.25, -0.2) is 0 Å². The highest BCUT2D eigenvalue weighted by atomic mass is 32.1. The Labute approximate surface area is 241 Å². The second-order valence-corrected chi connectivity index (χ2v) is 11.9. The Bertz CT molecular complexity index is 1450. The molecule has 216 valence electrons. The minimum Gasteiger partial charge on any atom is -0.406 e. The van der Waals surface area contributed by atoms with Crippen molar-refractivity contribution in [1.29, 1.82) is 0 Å². The van der Waals surface area contributed by atoms with Gasteiger partial charge in [0, 0.05) is 11.8 Å². The molecule has 0 saturated heterocycles. The van der Waals surface area contributed by atoms with Gasteiger partial charge in [0.2, 0.25) is 22.1 Å². The number of rotatable bonds is 9. The normalized spacial score (nSPS) is 19.0. The van der Waals surface area contributed by atoms with Crippen molar-refractivity contribution >= 4 is 44.8 Å². The molecule has 1 fully saturated rings. The van der Waals surface area contributed by atoms with Crippen LogP contribution in [0.1, 0.15) is 72.4 Å². The third-order valence-electron chi connectivity index (χ3n) is 6.68. The summed E-state index contributed by atoms with van der Waals surface area (Å²) in [6.07, 6.45) is 7.10. The largest absolute Gasteiger partial charge is 0.573 e. The first kappa shape index (κ1) is 28.9. The van der Waals surface area contributed by atoms with Gasteiger partial charge in [-0.15, -0.1) is 33.6 Å². The van der Waals surface area contributed by atoms with Crippen molar-refractivity contribution in [3.63, 3.8) is 0 Å². The molecule has 2 aromatic heterocycles. The van der Waals surface area contributed by atoms with Gasteiger partial charge < -0.3 is 15.4 Å². The molecule has 9 nitrogen and oxygen atoms in total. The number of allylic oxidation sites excluding steroid dienone is 3. The molecule has 5 rings (SSSR count). The van der Waals surface area contributed by atoms with Gasteiger partial charge in [0.15, 0.2) is 0 Å². The Kier molecular flexibility index (Phi) is 9.08. The quantitative estimate of drug-likeness (QED) is 0.286. The minimum atomic E-state index is -4.80. The van der Waals surface area contributed by atoms with Gasteiger partial charge in [-0.2, -0.15) is 0 Å². The van der Waals surface area contributed by atoms with Crippen molar-refractivity contribution in [1.82, 2.24) is 20.4 Å². The monoisotopic (exact) mass is 604 g/mol. The van der Waals surface area contributed by atoms with Crippen LogP contribution < -0.4 is 15.4 Å². The molecule has 2 aliphatic carbocycles. The second-order valence-electron chi connectivity index (χ2n) is 9.86. The number of carbonyl (C=O) groups is 2. The zero-order valence-corrected chi connectivity index (χ0v) is 23.4. The lowest BCUT2D eigenvalue weighted by atomic mass is 9.82. The number of hydrogen-bond donors (Lipinski definition) is 2. The Morgan fingerprint density at radius 1 is 0.927 bits per heavy atom. The maximum absolute atomic E-state index is 12.5. The summed E-state index contributed by atoms with van der Waals surface area (Å²) < 4.78 is 41.4. The van der Waals surface area contributed by atoms with Crippen molar-refractivity contribution in [2.45, 2.75) is 69.6 Å². The Morgan fingerprint density at radius 3 is 2.20 bits per heavy atom. The topological polar surface area (TPSA) is 119 Å². The van der Waals surface area contributed by atoms with Crippen molar-refractivity contribution in [3.8, 4) is 5.75 Å². The van der Waals surface area contributed by atoms with E-state index in [-0.39, 0.29) is 29.9 Å². The summed E-state index contributed by atoms with van der Waals surface area (Å²) in [5.74, 6) is -0.600. The van der Waals surface area contributed by atoms with E-state index in [1.165, 1.54) is 40.9 Å². The lowest BCUT2D eigenvalue weighted by Crippen LogP contribution is -2.17. The first-order valence-corrected chi connectivity index (χ1v) is 14.8. The predicted molar refractivity (Wildman–Crippen MR) is 149 cm³/mol. The highest BCUT2D eigenvalue weighted by Crippen LogP contribution is 2.43. The van der Waals surface area contributed by atoms with E-state index in [9.17, 15) is 22.8 Å². The van der Waals surface area contributed by atoms with Gasteiger partial charge in [-0.3, -0.25) is 9.59 Å². The lowest BCUT2D eigenvalue weighted by Gasteiger charge is -2.25. The molecular weight excluding hydrogens is 577 g/mol. The third-order valence-corrected chi connectivity index (χ3v) is 8.68. The van der Waals surface area contributed by atoms with Crippen LogP contribution >= 0.6 is 22.7 Å². The van der Waals surface area contributed by atoms with Gasteiger partial charge in [-0.05, 0) is 55.4 Å². The highest BCUT2D eigenvalue weighted by Gasteiger charge is 2.31. The van der Waals surface area contributed by atoms with E-state index in [2.05, 4.69) is 47.9 Å². The molecule has 0 unspecified atom stereocenters. The molecule has 2 heterocycles. The Morgan fingerprint density at radius 2 is 1.59 bits per heavy atom. The van der Waals surface area contributed by atoms with Crippen LogP contribution in [-0.4, -0.2) is 38.6 Å². The van der Waals surface area contributed by atoms with Crippen LogP contribution in [0.15, 0.2) is 48.1 Å². The molecule has 41 heavy (non-hydrogen) atoms. The Balaban J connectivity index is 1.13. The van der Waals surface area contributed by atoms with Crippen LogP contribution in [-0.2, 0) is 16.0 Å². The van der Waals surface area contributed by atoms with E-state index in [0.717, 1.165) is 54.1 Å². The number of carbonyl (C=O) groups excluding carboxylic acids is 2. The van der Waals surface area contributed by atoms with E-state index in [4.69, 9.17) is 0 Å². The number of alkyl halides is 3. The zero-order valence-electron chi connectivity index (χ0n) is 21.8. The first-order chi connectivity index (χ1) is 19.7. The number of anilines is 2. The molecule has 2 atom stereocenters. The van der Waals surface area contributed by atoms with Crippen LogP contribution in [0.2, 0.25) is 0 Å². The summed E-state index contributed by atoms with van der Waals surface area (Å²) in [6, 6.07) is 5.30. The summed E-state index contributed by atoms with van der Waals surface area (Å²) in [4.78, 5) is 24.9. The molecule has 0 bridgehead atoms. The molecule has 14 heteroatoms. The third kappa shape index (κ3) is 8.43. The molecule has 1 aromatic carbocycles. The molecule has 2 aliphatic rings. The molecule has 3 aromatic rings. The van der Waals surface area contributed by atoms with Crippen molar-refractivity contribution in [3.05, 3.63) is 63.6 Å². The van der Waals surface area contributed by atoms with Crippen LogP contribution in [0.4, 0.5) is 23.4 Å². The number of amides is 2. The fourth-order valence-electron chi connectivity index (χ4n) is 4.89. The van der Waals surface area contributed by atoms with Crippen molar-refractivity contribution < 1.29 is 27.5 Å². The number of hydrogen-bond acceptors (Lipinski definition) is 9. The van der Waals surface area contributed by atoms with E-state index in [1.54, 1.807) is 6.07 Å². The van der Waals surface area contributed by atoms with E-state index < -0.39 is 12.3 Å². The maximum Gasteiger partial charge on any atom is 0.573 e. The standard InChI is InChI=1S/C27H27F3N6O3S2/c28-27(29,30)39-20-11-4-8-17(12-20)14-22(38)32-26-36-34-24(41-26)19-10-5-9-18(15-19)23-33-35-25(40-23)31-21(37)13-16-6-2-1-3-7-16/h2,4,6-8,11-12,18-19H,1,3,5,9-10,13-15H2,(H,31,35,37)(H,32,36,38)/t18-,19-/m0/s1. The van der Waals surface area contributed by atoms with E-state index in [0.29, 0.717) is 22.2 Å².